The van der Waals surface area contributed by atoms with E-state index in [9.17, 15) is 10.1 Å². The first kappa shape index (κ1) is 21.8. The maximum atomic E-state index is 11.8. The number of nitro benzene ring substituents is 1. The second-order valence-corrected chi connectivity index (χ2v) is 8.07. The van der Waals surface area contributed by atoms with Crippen molar-refractivity contribution in [3.8, 4) is 11.4 Å². The second-order valence-electron chi connectivity index (χ2n) is 7.69. The number of thiocarbonyl (C=S) groups is 1. The van der Waals surface area contributed by atoms with E-state index in [0.717, 1.165) is 29.2 Å². The van der Waals surface area contributed by atoms with Crippen molar-refractivity contribution in [2.24, 2.45) is 0 Å². The summed E-state index contributed by atoms with van der Waals surface area (Å²) in [5.74, 6) is 0.445. The lowest BCUT2D eigenvalue weighted by atomic mass is 9.97. The van der Waals surface area contributed by atoms with E-state index >= 15 is 0 Å². The molecule has 4 rings (SSSR count). The van der Waals surface area contributed by atoms with Gasteiger partial charge in [0.15, 0.2) is 5.11 Å². The van der Waals surface area contributed by atoms with E-state index in [4.69, 9.17) is 17.0 Å². The number of rotatable bonds is 6. The Morgan fingerprint density at radius 2 is 2.03 bits per heavy atom. The maximum absolute atomic E-state index is 11.8. The Kier molecular flexibility index (Phi) is 5.84. The van der Waals surface area contributed by atoms with Gasteiger partial charge < -0.3 is 19.5 Å². The lowest BCUT2D eigenvalue weighted by Gasteiger charge is -2.27. The van der Waals surface area contributed by atoms with Crippen LogP contribution in [0.4, 0.5) is 5.69 Å². The summed E-state index contributed by atoms with van der Waals surface area (Å²) in [4.78, 5) is 18.1. The van der Waals surface area contributed by atoms with Crippen LogP contribution < -0.4 is 10.1 Å². The van der Waals surface area contributed by atoms with Crippen molar-refractivity contribution in [3.05, 3.63) is 81.4 Å². The first-order valence-electron chi connectivity index (χ1n) is 10.4. The van der Waals surface area contributed by atoms with Gasteiger partial charge in [0.25, 0.3) is 5.69 Å². The molecule has 1 aromatic carbocycles. The first-order valence-corrected chi connectivity index (χ1v) is 10.8. The van der Waals surface area contributed by atoms with Crippen LogP contribution in [0.25, 0.3) is 5.69 Å². The first-order chi connectivity index (χ1) is 15.4. The molecule has 32 heavy (non-hydrogen) atoms. The highest BCUT2D eigenvalue weighted by atomic mass is 32.1. The molecule has 3 aromatic rings. The molecule has 0 saturated carbocycles. The van der Waals surface area contributed by atoms with E-state index in [1.54, 1.807) is 18.3 Å². The number of nitrogens with one attached hydrogen (secondary N) is 1. The zero-order valence-electron chi connectivity index (χ0n) is 18.4. The average molecular weight is 452 g/mol. The lowest BCUT2D eigenvalue weighted by Crippen LogP contribution is -2.29. The summed E-state index contributed by atoms with van der Waals surface area (Å²) in [6, 6.07) is 12.6. The topological polar surface area (TPSA) is 85.5 Å². The van der Waals surface area contributed by atoms with E-state index in [1.807, 2.05) is 36.6 Å². The molecule has 0 radical (unpaired) electrons. The smallest absolute Gasteiger partial charge is 0.296 e. The fourth-order valence-electron chi connectivity index (χ4n) is 4.51. The highest BCUT2D eigenvalue weighted by molar-refractivity contribution is 7.80. The van der Waals surface area contributed by atoms with Gasteiger partial charge in [-0.15, -0.1) is 0 Å². The van der Waals surface area contributed by atoms with Crippen LogP contribution in [0.5, 0.6) is 5.75 Å². The number of methoxy groups -OCH3 is 1. The van der Waals surface area contributed by atoms with E-state index in [2.05, 4.69) is 28.2 Å². The van der Waals surface area contributed by atoms with Crippen LogP contribution in [0.1, 0.15) is 41.7 Å². The summed E-state index contributed by atoms with van der Waals surface area (Å²) in [6.45, 7) is 6.74. The zero-order chi connectivity index (χ0) is 23.0. The molecule has 0 spiro atoms. The van der Waals surface area contributed by atoms with Gasteiger partial charge in [0.05, 0.1) is 35.9 Å². The third-order valence-corrected chi connectivity index (χ3v) is 6.30. The van der Waals surface area contributed by atoms with Crippen molar-refractivity contribution in [2.75, 3.05) is 13.7 Å². The Morgan fingerprint density at radius 3 is 2.66 bits per heavy atom. The molecule has 1 aliphatic heterocycles. The third kappa shape index (κ3) is 3.58. The predicted octanol–water partition coefficient (Wildman–Crippen LogP) is 4.40. The number of pyridine rings is 1. The van der Waals surface area contributed by atoms with Crippen LogP contribution in [0.15, 0.2) is 48.7 Å². The molecule has 8 nitrogen and oxygen atoms in total. The van der Waals surface area contributed by atoms with Crippen LogP contribution in [0, 0.1) is 24.0 Å². The van der Waals surface area contributed by atoms with Crippen LogP contribution in [-0.2, 0) is 0 Å². The normalized spacial score (nSPS) is 18.0. The molecule has 2 aromatic heterocycles. The van der Waals surface area contributed by atoms with E-state index in [1.165, 1.54) is 13.2 Å². The molecule has 1 N–H and O–H groups in total. The van der Waals surface area contributed by atoms with Gasteiger partial charge in [-0.1, -0.05) is 6.07 Å². The summed E-state index contributed by atoms with van der Waals surface area (Å²) < 4.78 is 7.12. The van der Waals surface area contributed by atoms with E-state index in [0.29, 0.717) is 16.5 Å². The number of benzene rings is 1. The quantitative estimate of drug-likeness (QED) is 0.338. The summed E-state index contributed by atoms with van der Waals surface area (Å²) in [7, 11) is 1.50. The summed E-state index contributed by atoms with van der Waals surface area (Å²) >= 11 is 5.63. The summed E-state index contributed by atoms with van der Waals surface area (Å²) in [5, 5.41) is 15.9. The second kappa shape index (κ2) is 8.58. The molecule has 166 valence electrons. The monoisotopic (exact) mass is 451 g/mol. The number of nitro groups is 1. The highest BCUT2D eigenvalue weighted by Crippen LogP contribution is 2.42. The minimum atomic E-state index is -0.377. The predicted molar refractivity (Wildman–Crippen MR) is 126 cm³/mol. The third-order valence-electron chi connectivity index (χ3n) is 5.95. The molecule has 3 heterocycles. The maximum Gasteiger partial charge on any atom is 0.296 e. The summed E-state index contributed by atoms with van der Waals surface area (Å²) in [6.07, 6.45) is 1.77. The van der Waals surface area contributed by atoms with E-state index < -0.39 is 0 Å². The SMILES string of the molecule is CCN1C(=S)N[C@@H](c2ccccn2)[C@H]1c1cc(C)n(-c2ccc(OC)cc2[N+](=O)[O-])c1C. The number of hydrogen-bond donors (Lipinski definition) is 1. The number of aryl methyl sites for hydroxylation is 1. The fourth-order valence-corrected chi connectivity index (χ4v) is 4.88. The molecular formula is C23H25N5O3S. The number of likely N-dealkylation sites (N-methyl/N-ethyl adjacent to an activating group) is 1. The van der Waals surface area contributed by atoms with Gasteiger partial charge >= 0.3 is 0 Å². The fraction of sp³-hybridized carbons (Fsp3) is 0.304. The lowest BCUT2D eigenvalue weighted by molar-refractivity contribution is -0.384. The van der Waals surface area contributed by atoms with Crippen LogP contribution >= 0.6 is 12.2 Å². The molecule has 1 saturated heterocycles. The van der Waals surface area contributed by atoms with Crippen molar-refractivity contribution >= 4 is 23.0 Å². The number of aromatic nitrogens is 2. The van der Waals surface area contributed by atoms with Crippen molar-refractivity contribution in [1.29, 1.82) is 0 Å². The number of hydrogen-bond acceptors (Lipinski definition) is 5. The molecule has 1 fully saturated rings. The van der Waals surface area contributed by atoms with Gasteiger partial charge in [0.1, 0.15) is 11.4 Å². The molecule has 1 aliphatic rings. The Morgan fingerprint density at radius 1 is 1.25 bits per heavy atom. The molecule has 0 aliphatic carbocycles. The summed E-state index contributed by atoms with van der Waals surface area (Å²) in [5.41, 5.74) is 4.27. The Hall–Kier alpha value is -3.46. The van der Waals surface area contributed by atoms with Gasteiger partial charge in [-0.05, 0) is 68.9 Å². The number of nitrogens with zero attached hydrogens (tertiary/aromatic N) is 4. The standard InChI is InChI=1S/C23H25N5O3S/c1-5-26-22(21(25-23(26)32)18-8-6-7-11-24-18)17-12-14(2)27(15(17)3)19-10-9-16(31-4)13-20(19)28(29)30/h6-13,21-22H,5H2,1-4H3,(H,25,32)/t21-,22+/m0/s1. The Bertz CT molecular complexity index is 1180. The van der Waals surface area contributed by atoms with Crippen molar-refractivity contribution in [3.63, 3.8) is 0 Å². The minimum Gasteiger partial charge on any atom is -0.496 e. The van der Waals surface area contributed by atoms with Crippen molar-refractivity contribution in [2.45, 2.75) is 32.9 Å². The van der Waals surface area contributed by atoms with Gasteiger partial charge in [0, 0.05) is 24.1 Å². The molecule has 0 amide bonds. The van der Waals surface area contributed by atoms with E-state index in [-0.39, 0.29) is 22.7 Å². The molecule has 0 bridgehead atoms. The largest absolute Gasteiger partial charge is 0.496 e. The molecule has 0 unspecified atom stereocenters. The Balaban J connectivity index is 1.87. The molecular weight excluding hydrogens is 426 g/mol. The van der Waals surface area contributed by atoms with Crippen LogP contribution in [0.3, 0.4) is 0 Å². The van der Waals surface area contributed by atoms with Crippen molar-refractivity contribution < 1.29 is 9.66 Å². The van der Waals surface area contributed by atoms with Gasteiger partial charge in [-0.25, -0.2) is 0 Å². The number of ether oxygens (including phenoxy) is 1. The minimum absolute atomic E-state index is 0.00797. The Labute approximate surface area is 192 Å². The van der Waals surface area contributed by atoms with Crippen LogP contribution in [-0.4, -0.2) is 38.1 Å². The highest BCUT2D eigenvalue weighted by Gasteiger charge is 2.40. The van der Waals surface area contributed by atoms with Gasteiger partial charge in [-0.2, -0.15) is 0 Å². The molecule has 2 atom stereocenters. The molecule has 9 heteroatoms. The van der Waals surface area contributed by atoms with Gasteiger partial charge in [-0.3, -0.25) is 15.1 Å². The van der Waals surface area contributed by atoms with Crippen LogP contribution in [0.2, 0.25) is 0 Å². The van der Waals surface area contributed by atoms with Crippen molar-refractivity contribution in [1.82, 2.24) is 19.8 Å². The average Bonchev–Trinajstić information content (AvgIpc) is 3.28. The zero-order valence-corrected chi connectivity index (χ0v) is 19.2. The van der Waals surface area contributed by atoms with Gasteiger partial charge in [0.2, 0.25) is 0 Å².